The highest BCUT2D eigenvalue weighted by Crippen LogP contribution is 2.33. The Bertz CT molecular complexity index is 1290. The number of oxazole rings is 1. The number of anilines is 2. The predicted octanol–water partition coefficient (Wildman–Crippen LogP) is 2.86. The number of aromatic nitrogens is 3. The van der Waals surface area contributed by atoms with E-state index >= 15 is 0 Å². The summed E-state index contributed by atoms with van der Waals surface area (Å²) in [5.74, 6) is 2.23. The average molecular weight is 483 g/mol. The van der Waals surface area contributed by atoms with Crippen LogP contribution in [0.5, 0.6) is 0 Å². The van der Waals surface area contributed by atoms with Gasteiger partial charge in [-0.15, -0.1) is 0 Å². The number of benzene rings is 1. The Labute approximate surface area is 199 Å². The van der Waals surface area contributed by atoms with Crippen LogP contribution in [0.1, 0.15) is 31.9 Å². The highest BCUT2D eigenvalue weighted by Gasteiger charge is 2.31. The molecule has 1 aromatic carbocycles. The number of hydrogen-bond donors (Lipinski definition) is 2. The molecule has 2 aliphatic heterocycles. The molecular formula is C23H26N6O4S. The van der Waals surface area contributed by atoms with Crippen molar-refractivity contribution in [3.05, 3.63) is 41.9 Å². The number of carbonyl (C=O) groups excluding carboxylic acids is 1. The molecule has 0 aliphatic carbocycles. The number of ether oxygens (including phenoxy) is 1. The van der Waals surface area contributed by atoms with E-state index in [1.807, 2.05) is 38.1 Å². The van der Waals surface area contributed by atoms with Crippen molar-refractivity contribution in [1.29, 1.82) is 0 Å². The molecule has 4 heterocycles. The van der Waals surface area contributed by atoms with Gasteiger partial charge < -0.3 is 25.1 Å². The molecule has 0 saturated carbocycles. The summed E-state index contributed by atoms with van der Waals surface area (Å²) in [6.45, 7) is 5.06. The van der Waals surface area contributed by atoms with E-state index in [0.29, 0.717) is 47.8 Å². The van der Waals surface area contributed by atoms with Crippen molar-refractivity contribution in [1.82, 2.24) is 15.0 Å². The lowest BCUT2D eigenvalue weighted by Gasteiger charge is -2.29. The van der Waals surface area contributed by atoms with Crippen LogP contribution in [-0.4, -0.2) is 56.2 Å². The van der Waals surface area contributed by atoms with Gasteiger partial charge in [-0.3, -0.25) is 4.21 Å². The van der Waals surface area contributed by atoms with E-state index in [2.05, 4.69) is 21.3 Å². The lowest BCUT2D eigenvalue weighted by molar-refractivity contribution is 0.138. The maximum atomic E-state index is 12.6. The van der Waals surface area contributed by atoms with Crippen molar-refractivity contribution in [3.63, 3.8) is 0 Å². The molecular weight excluding hydrogens is 456 g/mol. The molecule has 0 fully saturated rings. The molecule has 10 nitrogen and oxygen atoms in total. The number of fused-ring (bicyclic) bond motifs is 2. The van der Waals surface area contributed by atoms with Crippen LogP contribution in [0.3, 0.4) is 0 Å². The molecule has 1 amide bonds. The second-order valence-electron chi connectivity index (χ2n) is 8.98. The van der Waals surface area contributed by atoms with Crippen molar-refractivity contribution < 1.29 is 18.2 Å². The lowest BCUT2D eigenvalue weighted by atomic mass is 10.1. The molecule has 11 heteroatoms. The van der Waals surface area contributed by atoms with Gasteiger partial charge in [0.15, 0.2) is 5.58 Å². The summed E-state index contributed by atoms with van der Waals surface area (Å²) < 4.78 is 23.5. The molecule has 1 atom stereocenters. The van der Waals surface area contributed by atoms with Gasteiger partial charge in [-0.25, -0.2) is 14.8 Å². The number of nitrogens with one attached hydrogen (secondary N) is 1. The molecule has 0 saturated heterocycles. The summed E-state index contributed by atoms with van der Waals surface area (Å²) >= 11 is 0. The smallest absolute Gasteiger partial charge is 0.404 e. The largest absolute Gasteiger partial charge is 0.447 e. The Balaban J connectivity index is 1.39. The summed E-state index contributed by atoms with van der Waals surface area (Å²) in [5.41, 5.74) is 7.90. The zero-order valence-electron chi connectivity index (χ0n) is 19.0. The average Bonchev–Trinajstić information content (AvgIpc) is 3.41. The number of amides is 1. The molecule has 1 unspecified atom stereocenters. The number of rotatable bonds is 6. The van der Waals surface area contributed by atoms with E-state index < -0.39 is 22.4 Å². The van der Waals surface area contributed by atoms with Crippen LogP contribution in [-0.2, 0) is 22.0 Å². The Morgan fingerprint density at radius 2 is 2.09 bits per heavy atom. The third-order valence-corrected chi connectivity index (χ3v) is 7.23. The summed E-state index contributed by atoms with van der Waals surface area (Å²) in [5, 5.41) is 3.29. The zero-order valence-corrected chi connectivity index (χ0v) is 19.9. The van der Waals surface area contributed by atoms with Gasteiger partial charge in [-0.1, -0.05) is 18.2 Å². The number of nitrogens with two attached hydrogens (primary N) is 1. The lowest BCUT2D eigenvalue weighted by Crippen LogP contribution is -2.39. The predicted molar refractivity (Wildman–Crippen MR) is 129 cm³/mol. The van der Waals surface area contributed by atoms with E-state index in [4.69, 9.17) is 24.9 Å². The second-order valence-corrected chi connectivity index (χ2v) is 10.5. The Kier molecular flexibility index (Phi) is 5.72. The number of nitrogens with zero attached hydrogens (tertiary/aromatic N) is 4. The molecule has 3 aromatic rings. The first kappa shape index (κ1) is 22.3. The Hall–Kier alpha value is -3.47. The highest BCUT2D eigenvalue weighted by molar-refractivity contribution is 7.85. The highest BCUT2D eigenvalue weighted by atomic mass is 32.2. The Morgan fingerprint density at radius 3 is 2.82 bits per heavy atom. The summed E-state index contributed by atoms with van der Waals surface area (Å²) in [4.78, 5) is 27.8. The first-order valence-electron chi connectivity index (χ1n) is 11.1. The molecule has 2 aromatic heterocycles. The Morgan fingerprint density at radius 1 is 1.26 bits per heavy atom. The minimum absolute atomic E-state index is 0.0450. The van der Waals surface area contributed by atoms with Crippen molar-refractivity contribution in [2.24, 2.45) is 5.73 Å². The van der Waals surface area contributed by atoms with E-state index in [9.17, 15) is 9.00 Å². The van der Waals surface area contributed by atoms with Crippen LogP contribution in [0.2, 0.25) is 0 Å². The molecule has 0 radical (unpaired) electrons. The summed E-state index contributed by atoms with van der Waals surface area (Å²) in [7, 11) is -1.18. The normalized spacial score (nSPS) is 18.0. The van der Waals surface area contributed by atoms with Crippen LogP contribution in [0.15, 0.2) is 39.7 Å². The second kappa shape index (κ2) is 8.71. The zero-order chi connectivity index (χ0) is 23.9. The van der Waals surface area contributed by atoms with Gasteiger partial charge in [-0.05, 0) is 32.4 Å². The fourth-order valence-corrected chi connectivity index (χ4v) is 5.38. The van der Waals surface area contributed by atoms with Crippen LogP contribution in [0, 0.1) is 0 Å². The van der Waals surface area contributed by atoms with E-state index in [-0.39, 0.29) is 6.61 Å². The van der Waals surface area contributed by atoms with Crippen LogP contribution in [0.25, 0.3) is 16.7 Å². The fourth-order valence-electron chi connectivity index (χ4n) is 4.07. The summed E-state index contributed by atoms with van der Waals surface area (Å²) in [6, 6.07) is 7.72. The van der Waals surface area contributed by atoms with Gasteiger partial charge >= 0.3 is 6.09 Å². The van der Waals surface area contributed by atoms with Crippen LogP contribution >= 0.6 is 0 Å². The molecule has 2 aliphatic rings. The molecule has 34 heavy (non-hydrogen) atoms. The SMILES string of the molecule is CC(C)(COC(N)=O)Nc1nc(N2CC=C(c3nc4ccccc4o3)CC2)nc2c1S(=O)CC2. The van der Waals surface area contributed by atoms with E-state index in [0.717, 1.165) is 28.8 Å². The maximum Gasteiger partial charge on any atom is 0.404 e. The quantitative estimate of drug-likeness (QED) is 0.543. The first-order chi connectivity index (χ1) is 16.3. The topological polar surface area (TPSA) is 136 Å². The number of primary amides is 1. The van der Waals surface area contributed by atoms with Gasteiger partial charge in [0.05, 0.1) is 22.0 Å². The third-order valence-electron chi connectivity index (χ3n) is 5.77. The van der Waals surface area contributed by atoms with Gasteiger partial charge in [0.1, 0.15) is 22.8 Å². The van der Waals surface area contributed by atoms with Crippen molar-refractivity contribution in [3.8, 4) is 0 Å². The summed E-state index contributed by atoms with van der Waals surface area (Å²) in [6.07, 6.45) is 2.60. The van der Waals surface area contributed by atoms with E-state index in [1.54, 1.807) is 0 Å². The molecule has 0 spiro atoms. The van der Waals surface area contributed by atoms with Gasteiger partial charge in [-0.2, -0.15) is 4.98 Å². The molecule has 5 rings (SSSR count). The first-order valence-corrected chi connectivity index (χ1v) is 12.4. The molecule has 178 valence electrons. The standard InChI is InChI=1S/C23H26N6O4S/c1-23(2,13-32-21(24)30)28-19-18-16(9-12-34(18)31)26-22(27-19)29-10-7-14(8-11-29)20-25-15-5-3-4-6-17(15)33-20/h3-7H,8-13H2,1-2H3,(H2,24,30)(H,26,27,28). The number of para-hydroxylation sites is 2. The van der Waals surface area contributed by atoms with Gasteiger partial charge in [0.25, 0.3) is 0 Å². The fraction of sp³-hybridized carbons (Fsp3) is 0.391. The third kappa shape index (κ3) is 4.47. The monoisotopic (exact) mass is 482 g/mol. The van der Waals surface area contributed by atoms with E-state index in [1.165, 1.54) is 0 Å². The van der Waals surface area contributed by atoms with Crippen LogP contribution in [0.4, 0.5) is 16.6 Å². The number of hydrogen-bond acceptors (Lipinski definition) is 9. The number of carbonyl (C=O) groups is 1. The maximum absolute atomic E-state index is 12.6. The van der Waals surface area contributed by atoms with Crippen LogP contribution < -0.4 is 16.0 Å². The van der Waals surface area contributed by atoms with Crippen molar-refractivity contribution in [2.75, 3.05) is 35.7 Å². The molecule has 0 bridgehead atoms. The molecule has 3 N–H and O–H groups in total. The minimum Gasteiger partial charge on any atom is -0.447 e. The van der Waals surface area contributed by atoms with Gasteiger partial charge in [0, 0.05) is 30.8 Å². The number of aryl methyl sites for hydroxylation is 1. The van der Waals surface area contributed by atoms with Gasteiger partial charge in [0.2, 0.25) is 11.8 Å². The van der Waals surface area contributed by atoms with Crippen molar-refractivity contribution >= 4 is 45.3 Å². The van der Waals surface area contributed by atoms with Crippen molar-refractivity contribution in [2.45, 2.75) is 37.1 Å². The minimum atomic E-state index is -1.18.